The molecule has 0 aliphatic carbocycles. The number of allylic oxidation sites excluding steroid dienone is 3. The second-order valence-electron chi connectivity index (χ2n) is 10.8. The highest BCUT2D eigenvalue weighted by atomic mass is 19.1. The number of fused-ring (bicyclic) bond motifs is 2. The van der Waals surface area contributed by atoms with Gasteiger partial charge in [0, 0.05) is 54.5 Å². The number of aromatic nitrogens is 3. The lowest BCUT2D eigenvalue weighted by molar-refractivity contribution is 0.261. The van der Waals surface area contributed by atoms with E-state index >= 15 is 0 Å². The molecule has 2 aliphatic heterocycles. The van der Waals surface area contributed by atoms with Crippen LogP contribution >= 0.6 is 0 Å². The molecule has 2 N–H and O–H groups in total. The number of hydrogen-bond acceptors (Lipinski definition) is 6. The van der Waals surface area contributed by atoms with Crippen LogP contribution in [0.2, 0.25) is 0 Å². The van der Waals surface area contributed by atoms with Crippen molar-refractivity contribution in [3.8, 4) is 16.9 Å². The fourth-order valence-corrected chi connectivity index (χ4v) is 5.47. The number of nitrogens with one attached hydrogen (secondary N) is 2. The Morgan fingerprint density at radius 1 is 1.10 bits per heavy atom. The van der Waals surface area contributed by atoms with E-state index < -0.39 is 0 Å². The Balaban J connectivity index is 1.36. The molecular weight excluding hydrogens is 515 g/mol. The van der Waals surface area contributed by atoms with Gasteiger partial charge in [-0.15, -0.1) is 0 Å². The minimum absolute atomic E-state index is 0.226. The van der Waals surface area contributed by atoms with Crippen LogP contribution in [0.1, 0.15) is 38.8 Å². The molecule has 7 nitrogen and oxygen atoms in total. The molecule has 6 rings (SSSR count). The summed E-state index contributed by atoms with van der Waals surface area (Å²) in [6.07, 6.45) is 4.59. The Morgan fingerprint density at radius 3 is 2.73 bits per heavy atom. The van der Waals surface area contributed by atoms with Gasteiger partial charge < -0.3 is 19.9 Å². The third-order valence-corrected chi connectivity index (χ3v) is 8.07. The number of H-pyrrole nitrogens is 1. The lowest BCUT2D eigenvalue weighted by atomic mass is 9.91. The van der Waals surface area contributed by atoms with Gasteiger partial charge in [-0.05, 0) is 67.8 Å². The molecule has 2 aliphatic rings. The summed E-state index contributed by atoms with van der Waals surface area (Å²) in [6.45, 7) is 11.3. The minimum Gasteiger partial charge on any atom is -0.491 e. The quantitative estimate of drug-likeness (QED) is 0.273. The zero-order chi connectivity index (χ0) is 28.5. The van der Waals surface area contributed by atoms with Crippen molar-refractivity contribution < 1.29 is 9.13 Å². The zero-order valence-corrected chi connectivity index (χ0v) is 24.0. The van der Waals surface area contributed by atoms with Crippen LogP contribution in [0, 0.1) is 11.7 Å². The van der Waals surface area contributed by atoms with Gasteiger partial charge >= 0.3 is 0 Å². The molecule has 8 heteroatoms. The molecule has 0 amide bonds. The molecule has 2 aromatic carbocycles. The van der Waals surface area contributed by atoms with E-state index in [9.17, 15) is 4.39 Å². The number of aliphatic imine (C=N–C) groups is 1. The molecule has 0 radical (unpaired) electrons. The second-order valence-corrected chi connectivity index (χ2v) is 10.8. The summed E-state index contributed by atoms with van der Waals surface area (Å²) < 4.78 is 19.9. The molecule has 1 atom stereocenters. The third kappa shape index (κ3) is 5.46. The summed E-state index contributed by atoms with van der Waals surface area (Å²) in [6, 6.07) is 15.2. The lowest BCUT2D eigenvalue weighted by Gasteiger charge is -2.26. The zero-order valence-electron chi connectivity index (χ0n) is 24.0. The standard InChI is InChI=1S/C33H35FN6O/c1-5-35-33-38-29-16-25(18-36-31(29)39-33)24-8-11-30-26(15-24)19-40(12-13-41-30)32-28(14-23-6-9-27(34)10-7-23)22(4)21(3)20(2)17-37-32/h6-11,15-18,20H,5,12-14,19H2,1-4H3,(H2,35,36,38,39). The maximum Gasteiger partial charge on any atom is 0.202 e. The van der Waals surface area contributed by atoms with Gasteiger partial charge in [0.15, 0.2) is 5.65 Å². The van der Waals surface area contributed by atoms with Crippen molar-refractivity contribution in [2.24, 2.45) is 10.9 Å². The van der Waals surface area contributed by atoms with Gasteiger partial charge in [0.2, 0.25) is 5.95 Å². The molecule has 0 spiro atoms. The first kappa shape index (κ1) is 26.7. The van der Waals surface area contributed by atoms with E-state index in [1.165, 1.54) is 28.9 Å². The van der Waals surface area contributed by atoms with Crippen LogP contribution in [0.25, 0.3) is 22.3 Å². The maximum atomic E-state index is 13.7. The number of hydrogen-bond donors (Lipinski definition) is 2. The van der Waals surface area contributed by atoms with Crippen molar-refractivity contribution >= 4 is 23.3 Å². The fraction of sp³-hybridized carbons (Fsp3) is 0.303. The molecule has 4 heterocycles. The van der Waals surface area contributed by atoms with Gasteiger partial charge in [0.05, 0.1) is 12.1 Å². The second kappa shape index (κ2) is 11.2. The van der Waals surface area contributed by atoms with Gasteiger partial charge in [-0.1, -0.05) is 30.7 Å². The Bertz CT molecular complexity index is 1680. The molecule has 1 unspecified atom stereocenters. The number of imidazole rings is 1. The Labute approximate surface area is 239 Å². The number of rotatable bonds is 6. The first-order valence-electron chi connectivity index (χ1n) is 14.2. The van der Waals surface area contributed by atoms with Crippen LogP contribution in [-0.2, 0) is 13.0 Å². The van der Waals surface area contributed by atoms with Crippen LogP contribution in [0.3, 0.4) is 0 Å². The first-order chi connectivity index (χ1) is 19.9. The van der Waals surface area contributed by atoms with E-state index in [0.717, 1.165) is 51.8 Å². The van der Waals surface area contributed by atoms with Gasteiger partial charge in [-0.3, -0.25) is 0 Å². The molecule has 0 saturated carbocycles. The van der Waals surface area contributed by atoms with E-state index in [1.807, 2.05) is 31.5 Å². The van der Waals surface area contributed by atoms with Crippen LogP contribution in [-0.4, -0.2) is 45.8 Å². The van der Waals surface area contributed by atoms with Crippen molar-refractivity contribution in [1.29, 1.82) is 0 Å². The number of nitrogens with zero attached hydrogens (tertiary/aromatic N) is 4. The smallest absolute Gasteiger partial charge is 0.202 e. The molecule has 41 heavy (non-hydrogen) atoms. The highest BCUT2D eigenvalue weighted by molar-refractivity contribution is 5.80. The Morgan fingerprint density at radius 2 is 1.93 bits per heavy atom. The van der Waals surface area contributed by atoms with Gasteiger partial charge in [0.25, 0.3) is 0 Å². The number of halogens is 1. The highest BCUT2D eigenvalue weighted by Crippen LogP contribution is 2.35. The summed E-state index contributed by atoms with van der Waals surface area (Å²) in [5.74, 6) is 2.57. The molecule has 0 fully saturated rings. The Hall–Kier alpha value is -4.46. The van der Waals surface area contributed by atoms with E-state index in [0.29, 0.717) is 31.8 Å². The van der Waals surface area contributed by atoms with Crippen LogP contribution in [0.5, 0.6) is 5.75 Å². The fourth-order valence-electron chi connectivity index (χ4n) is 5.47. The summed E-state index contributed by atoms with van der Waals surface area (Å²) in [5.41, 5.74) is 9.51. The SMILES string of the molecule is CCNc1nc2ncc(-c3ccc4c(c3)CN(C3=C(Cc5ccc(F)cc5)C(C)=C(C)C(C)C=N3)CCO4)cc2[nH]1. The van der Waals surface area contributed by atoms with E-state index in [-0.39, 0.29) is 11.7 Å². The summed E-state index contributed by atoms with van der Waals surface area (Å²) in [5, 5.41) is 3.21. The van der Waals surface area contributed by atoms with E-state index in [1.54, 1.807) is 0 Å². The summed E-state index contributed by atoms with van der Waals surface area (Å²) in [4.78, 5) is 19.8. The van der Waals surface area contributed by atoms with Crippen LogP contribution in [0.15, 0.2) is 82.3 Å². The minimum atomic E-state index is -0.226. The van der Waals surface area contributed by atoms with Gasteiger partial charge in [-0.2, -0.15) is 4.98 Å². The number of benzene rings is 2. The lowest BCUT2D eigenvalue weighted by Crippen LogP contribution is -2.26. The molecule has 0 saturated heterocycles. The third-order valence-electron chi connectivity index (χ3n) is 8.07. The molecule has 210 valence electrons. The van der Waals surface area contributed by atoms with Crippen molar-refractivity contribution in [3.05, 3.63) is 94.2 Å². The average Bonchev–Trinajstić information content (AvgIpc) is 3.21. The van der Waals surface area contributed by atoms with Crippen LogP contribution in [0.4, 0.5) is 10.3 Å². The van der Waals surface area contributed by atoms with Crippen molar-refractivity contribution in [2.75, 3.05) is 25.0 Å². The van der Waals surface area contributed by atoms with Crippen LogP contribution < -0.4 is 10.1 Å². The maximum absolute atomic E-state index is 13.7. The van der Waals surface area contributed by atoms with Gasteiger partial charge in [0.1, 0.15) is 24.0 Å². The summed E-state index contributed by atoms with van der Waals surface area (Å²) >= 11 is 0. The van der Waals surface area contributed by atoms with Crippen molar-refractivity contribution in [3.63, 3.8) is 0 Å². The van der Waals surface area contributed by atoms with E-state index in [4.69, 9.17) is 9.73 Å². The van der Waals surface area contributed by atoms with Gasteiger partial charge in [-0.25, -0.2) is 14.4 Å². The normalized spacial score (nSPS) is 17.4. The summed E-state index contributed by atoms with van der Waals surface area (Å²) in [7, 11) is 0. The molecule has 2 aromatic heterocycles. The molecular formula is C33H35FN6O. The molecule has 4 aromatic rings. The molecule has 0 bridgehead atoms. The number of pyridine rings is 1. The highest BCUT2D eigenvalue weighted by Gasteiger charge is 2.24. The predicted molar refractivity (Wildman–Crippen MR) is 163 cm³/mol. The predicted octanol–water partition coefficient (Wildman–Crippen LogP) is 6.90. The van der Waals surface area contributed by atoms with Crippen molar-refractivity contribution in [1.82, 2.24) is 19.9 Å². The monoisotopic (exact) mass is 550 g/mol. The number of anilines is 1. The topological polar surface area (TPSA) is 78.4 Å². The van der Waals surface area contributed by atoms with Crippen molar-refractivity contribution in [2.45, 2.75) is 40.7 Å². The number of ether oxygens (including phenoxy) is 1. The first-order valence-corrected chi connectivity index (χ1v) is 14.2. The number of aromatic amines is 1. The average molecular weight is 551 g/mol. The van der Waals surface area contributed by atoms with E-state index in [2.05, 4.69) is 70.2 Å². The largest absolute Gasteiger partial charge is 0.491 e. The Kier molecular flexibility index (Phi) is 7.30.